The van der Waals surface area contributed by atoms with Gasteiger partial charge >= 0.3 is 0 Å². The van der Waals surface area contributed by atoms with Crippen LogP contribution in [0.1, 0.15) is 26.7 Å². The summed E-state index contributed by atoms with van der Waals surface area (Å²) in [7, 11) is -3.74. The van der Waals surface area contributed by atoms with E-state index in [-0.39, 0.29) is 6.42 Å². The average molecular weight is 313 g/mol. The number of nitrogens with one attached hydrogen (secondary N) is 1. The van der Waals surface area contributed by atoms with E-state index in [1.54, 1.807) is 36.9 Å². The van der Waals surface area contributed by atoms with Gasteiger partial charge in [0, 0.05) is 4.90 Å². The van der Waals surface area contributed by atoms with Gasteiger partial charge in [-0.25, -0.2) is 8.42 Å². The highest BCUT2D eigenvalue weighted by Gasteiger charge is 2.24. The average Bonchev–Trinajstić information content (AvgIpc) is 2.40. The minimum absolute atomic E-state index is 0.232. The maximum absolute atomic E-state index is 12.0. The molecule has 0 saturated heterocycles. The third-order valence-electron chi connectivity index (χ3n) is 2.64. The third kappa shape index (κ3) is 4.32. The van der Waals surface area contributed by atoms with Crippen LogP contribution in [0.5, 0.6) is 0 Å². The second kappa shape index (κ2) is 7.41. The number of sulfonamides is 1. The van der Waals surface area contributed by atoms with E-state index in [1.165, 1.54) is 0 Å². The van der Waals surface area contributed by atoms with Crippen LogP contribution in [-0.2, 0) is 10.0 Å². The van der Waals surface area contributed by atoms with Crippen molar-refractivity contribution in [1.82, 2.24) is 0 Å². The molecular weight excluding hydrogens is 294 g/mol. The lowest BCUT2D eigenvalue weighted by molar-refractivity contribution is 0.593. The van der Waals surface area contributed by atoms with Crippen LogP contribution in [0.25, 0.3) is 0 Å². The number of hydrogen-bond acceptors (Lipinski definition) is 5. The Kier molecular flexibility index (Phi) is 6.17. The molecule has 0 aliphatic carbocycles. The molecular formula is C13H19N3O2S2. The molecule has 1 unspecified atom stereocenters. The van der Waals surface area contributed by atoms with Crippen molar-refractivity contribution in [3.8, 4) is 6.07 Å². The summed E-state index contributed by atoms with van der Waals surface area (Å²) in [4.78, 5) is 0.948. The second-order valence-electron chi connectivity index (χ2n) is 4.27. The highest BCUT2D eigenvalue weighted by atomic mass is 32.2. The highest BCUT2D eigenvalue weighted by Crippen LogP contribution is 2.28. The van der Waals surface area contributed by atoms with Gasteiger partial charge in [0.15, 0.2) is 5.25 Å². The summed E-state index contributed by atoms with van der Waals surface area (Å²) >= 11 is 1.63. The van der Waals surface area contributed by atoms with Gasteiger partial charge in [0.25, 0.3) is 0 Å². The zero-order valence-corrected chi connectivity index (χ0v) is 13.2. The Balaban J connectivity index is 2.99. The molecule has 0 fully saturated rings. The Morgan fingerprint density at radius 3 is 2.70 bits per heavy atom. The van der Waals surface area contributed by atoms with Crippen molar-refractivity contribution in [3.63, 3.8) is 0 Å². The Bertz CT molecular complexity index is 594. The Morgan fingerprint density at radius 1 is 1.45 bits per heavy atom. The lowest BCUT2D eigenvalue weighted by atomic mass is 10.3. The van der Waals surface area contributed by atoms with Gasteiger partial charge in [-0.3, -0.25) is 4.72 Å². The number of nitrogens with two attached hydrogens (primary N) is 1. The van der Waals surface area contributed by atoms with Gasteiger partial charge in [0.05, 0.1) is 17.4 Å². The molecule has 0 aliphatic heterocycles. The summed E-state index contributed by atoms with van der Waals surface area (Å²) in [6, 6.07) is 7.02. The van der Waals surface area contributed by atoms with E-state index in [0.29, 0.717) is 11.4 Å². The van der Waals surface area contributed by atoms with Crippen LogP contribution in [0, 0.1) is 11.3 Å². The van der Waals surface area contributed by atoms with Crippen molar-refractivity contribution in [2.75, 3.05) is 16.2 Å². The Labute approximate surface area is 124 Å². The summed E-state index contributed by atoms with van der Waals surface area (Å²) in [6.45, 7) is 3.73. The third-order valence-corrected chi connectivity index (χ3v) is 5.53. The smallest absolute Gasteiger partial charge is 0.249 e. The van der Waals surface area contributed by atoms with E-state index in [0.717, 1.165) is 17.1 Å². The maximum Gasteiger partial charge on any atom is 0.249 e. The molecule has 0 heterocycles. The van der Waals surface area contributed by atoms with Crippen LogP contribution in [0.2, 0.25) is 0 Å². The number of thioether (sulfide) groups is 1. The molecule has 1 aromatic carbocycles. The van der Waals surface area contributed by atoms with E-state index in [9.17, 15) is 8.42 Å². The molecule has 0 spiro atoms. The van der Waals surface area contributed by atoms with Gasteiger partial charge in [0.2, 0.25) is 10.0 Å². The molecule has 0 radical (unpaired) electrons. The molecule has 0 aromatic heterocycles. The van der Waals surface area contributed by atoms with Gasteiger partial charge in [0.1, 0.15) is 0 Å². The molecule has 20 heavy (non-hydrogen) atoms. The van der Waals surface area contributed by atoms with Crippen molar-refractivity contribution >= 4 is 33.2 Å². The van der Waals surface area contributed by atoms with Gasteiger partial charge in [-0.1, -0.05) is 13.8 Å². The summed E-state index contributed by atoms with van der Waals surface area (Å²) in [5.41, 5.74) is 6.47. The zero-order chi connectivity index (χ0) is 15.2. The maximum atomic E-state index is 12.0. The number of benzene rings is 1. The number of nitrogen functional groups attached to an aromatic ring is 1. The van der Waals surface area contributed by atoms with Crippen molar-refractivity contribution in [2.24, 2.45) is 0 Å². The SMILES string of the molecule is CCCSc1ccc(N)c(NS(=O)(=O)C(C#N)CC)c1. The molecule has 110 valence electrons. The molecule has 0 amide bonds. The lowest BCUT2D eigenvalue weighted by Gasteiger charge is -2.14. The normalized spacial score (nSPS) is 12.7. The Morgan fingerprint density at radius 2 is 2.15 bits per heavy atom. The number of nitriles is 1. The van der Waals surface area contributed by atoms with Crippen LogP contribution < -0.4 is 10.5 Å². The van der Waals surface area contributed by atoms with Crippen molar-refractivity contribution in [3.05, 3.63) is 18.2 Å². The van der Waals surface area contributed by atoms with Crippen molar-refractivity contribution < 1.29 is 8.42 Å². The number of rotatable bonds is 7. The first-order valence-corrected chi connectivity index (χ1v) is 8.91. The van der Waals surface area contributed by atoms with Crippen molar-refractivity contribution in [1.29, 1.82) is 5.26 Å². The van der Waals surface area contributed by atoms with Crippen LogP contribution in [0.15, 0.2) is 23.1 Å². The Hall–Kier alpha value is -1.39. The molecule has 3 N–H and O–H groups in total. The minimum Gasteiger partial charge on any atom is -0.397 e. The summed E-state index contributed by atoms with van der Waals surface area (Å²) < 4.78 is 26.5. The second-order valence-corrected chi connectivity index (χ2v) is 7.30. The van der Waals surface area contributed by atoms with E-state index < -0.39 is 15.3 Å². The van der Waals surface area contributed by atoms with Gasteiger partial charge < -0.3 is 5.73 Å². The predicted octanol–water partition coefficient (Wildman–Crippen LogP) is 2.81. The van der Waals surface area contributed by atoms with Crippen LogP contribution in [0.3, 0.4) is 0 Å². The van der Waals surface area contributed by atoms with E-state index in [4.69, 9.17) is 11.0 Å². The molecule has 1 aromatic rings. The van der Waals surface area contributed by atoms with Gasteiger partial charge in [-0.15, -0.1) is 11.8 Å². The highest BCUT2D eigenvalue weighted by molar-refractivity contribution is 7.99. The van der Waals surface area contributed by atoms with Gasteiger partial charge in [-0.2, -0.15) is 5.26 Å². The monoisotopic (exact) mass is 313 g/mol. The quantitative estimate of drug-likeness (QED) is 0.596. The fourth-order valence-corrected chi connectivity index (χ4v) is 3.55. The van der Waals surface area contributed by atoms with Crippen LogP contribution in [-0.4, -0.2) is 19.4 Å². The topological polar surface area (TPSA) is 96.0 Å². The first-order valence-electron chi connectivity index (χ1n) is 6.38. The number of anilines is 2. The standard InChI is InChI=1S/C13H19N3O2S2/c1-3-7-19-10-5-6-12(15)13(8-10)16-20(17,18)11(4-2)9-14/h5-6,8,11,16H,3-4,7,15H2,1-2H3. The molecule has 7 heteroatoms. The van der Waals surface area contributed by atoms with E-state index in [2.05, 4.69) is 11.6 Å². The summed E-state index contributed by atoms with van der Waals surface area (Å²) in [5.74, 6) is 0.950. The molecule has 0 bridgehead atoms. The first-order chi connectivity index (χ1) is 9.44. The molecule has 1 atom stereocenters. The molecule has 0 saturated carbocycles. The predicted molar refractivity (Wildman–Crippen MR) is 84.1 cm³/mol. The minimum atomic E-state index is -3.74. The fourth-order valence-electron chi connectivity index (χ4n) is 1.54. The summed E-state index contributed by atoms with van der Waals surface area (Å²) in [5, 5.41) is 7.80. The fraction of sp³-hybridized carbons (Fsp3) is 0.462. The zero-order valence-electron chi connectivity index (χ0n) is 11.6. The molecule has 0 aliphatic rings. The lowest BCUT2D eigenvalue weighted by Crippen LogP contribution is -2.26. The number of hydrogen-bond donors (Lipinski definition) is 2. The van der Waals surface area contributed by atoms with E-state index in [1.807, 2.05) is 6.07 Å². The first kappa shape index (κ1) is 16.7. The number of nitrogens with zero attached hydrogens (tertiary/aromatic N) is 1. The molecule has 5 nitrogen and oxygen atoms in total. The van der Waals surface area contributed by atoms with Crippen LogP contribution in [0.4, 0.5) is 11.4 Å². The van der Waals surface area contributed by atoms with Crippen molar-refractivity contribution in [2.45, 2.75) is 36.8 Å². The molecule has 1 rings (SSSR count). The summed E-state index contributed by atoms with van der Waals surface area (Å²) in [6.07, 6.45) is 1.26. The van der Waals surface area contributed by atoms with E-state index >= 15 is 0 Å². The van der Waals surface area contributed by atoms with Crippen LogP contribution >= 0.6 is 11.8 Å². The largest absolute Gasteiger partial charge is 0.397 e. The van der Waals surface area contributed by atoms with Gasteiger partial charge in [-0.05, 0) is 36.8 Å².